The average Bonchev–Trinajstić information content (AvgIpc) is 3.21. The summed E-state index contributed by atoms with van der Waals surface area (Å²) in [5.74, 6) is 1.44. The van der Waals surface area contributed by atoms with Crippen molar-refractivity contribution in [3.8, 4) is 0 Å². The Hall–Kier alpha value is -1.77. The van der Waals surface area contributed by atoms with Gasteiger partial charge in [0, 0.05) is 19.7 Å². The lowest BCUT2D eigenvalue weighted by Gasteiger charge is -2.34. The summed E-state index contributed by atoms with van der Waals surface area (Å²) < 4.78 is 4.30. The Morgan fingerprint density at radius 1 is 1.38 bits per heavy atom. The first-order chi connectivity index (χ1) is 11.7. The van der Waals surface area contributed by atoms with Crippen LogP contribution in [-0.2, 0) is 13.6 Å². The molecule has 1 aliphatic heterocycles. The van der Waals surface area contributed by atoms with Gasteiger partial charge in [-0.3, -0.25) is 18.7 Å². The summed E-state index contributed by atoms with van der Waals surface area (Å²) in [6.45, 7) is 1.91. The monoisotopic (exact) mass is 347 g/mol. The van der Waals surface area contributed by atoms with E-state index in [1.807, 2.05) is 15.8 Å². The zero-order chi connectivity index (χ0) is 16.7. The quantitative estimate of drug-likeness (QED) is 0.772. The van der Waals surface area contributed by atoms with Crippen LogP contribution in [0.4, 0.5) is 0 Å². The molecule has 1 atom stereocenters. The molecule has 1 unspecified atom stereocenters. The number of hydrogen-bond acceptors (Lipinski definition) is 6. The van der Waals surface area contributed by atoms with Gasteiger partial charge in [0.25, 0.3) is 5.56 Å². The smallest absolute Gasteiger partial charge is 0.272 e. The number of aliphatic hydroxyl groups excluding tert-OH is 1. The Bertz CT molecular complexity index is 926. The molecule has 0 amide bonds. The van der Waals surface area contributed by atoms with Gasteiger partial charge < -0.3 is 5.11 Å². The van der Waals surface area contributed by atoms with Gasteiger partial charge in [0.05, 0.1) is 12.1 Å². The molecule has 7 nitrogen and oxygen atoms in total. The van der Waals surface area contributed by atoms with Crippen LogP contribution < -0.4 is 5.56 Å². The van der Waals surface area contributed by atoms with Crippen molar-refractivity contribution in [2.75, 3.05) is 13.2 Å². The summed E-state index contributed by atoms with van der Waals surface area (Å²) >= 11 is 1.45. The summed E-state index contributed by atoms with van der Waals surface area (Å²) in [5.41, 5.74) is 0.858. The van der Waals surface area contributed by atoms with Crippen molar-refractivity contribution in [2.45, 2.75) is 38.3 Å². The molecule has 1 saturated heterocycles. The van der Waals surface area contributed by atoms with E-state index in [9.17, 15) is 9.90 Å². The standard InChI is InChI=1S/C16H21N5O2S/c1-19-15(23)14-12(6-9-24-14)21-13(17-18-16(19)21)10-20-7-3-2-4-11(20)5-8-22/h6,9,11,22H,2-5,7-8,10H2,1H3. The number of aromatic nitrogens is 4. The molecule has 0 aromatic carbocycles. The lowest BCUT2D eigenvalue weighted by atomic mass is 10.00. The molecule has 4 rings (SSSR count). The maximum atomic E-state index is 12.4. The Balaban J connectivity index is 1.79. The summed E-state index contributed by atoms with van der Waals surface area (Å²) in [5, 5.41) is 19.9. The van der Waals surface area contributed by atoms with Crippen LogP contribution in [0.1, 0.15) is 31.5 Å². The topological polar surface area (TPSA) is 75.7 Å². The van der Waals surface area contributed by atoms with E-state index in [1.54, 1.807) is 11.6 Å². The largest absolute Gasteiger partial charge is 0.396 e. The number of rotatable bonds is 4. The second-order valence-corrected chi connectivity index (χ2v) is 7.30. The van der Waals surface area contributed by atoms with Gasteiger partial charge in [-0.05, 0) is 37.3 Å². The minimum Gasteiger partial charge on any atom is -0.396 e. The van der Waals surface area contributed by atoms with Gasteiger partial charge in [0.15, 0.2) is 5.82 Å². The van der Waals surface area contributed by atoms with Crippen molar-refractivity contribution < 1.29 is 5.11 Å². The zero-order valence-electron chi connectivity index (χ0n) is 13.7. The molecule has 3 aromatic rings. The summed E-state index contributed by atoms with van der Waals surface area (Å²) in [6, 6.07) is 2.35. The lowest BCUT2D eigenvalue weighted by Crippen LogP contribution is -2.40. The third-order valence-electron chi connectivity index (χ3n) is 4.95. The number of fused-ring (bicyclic) bond motifs is 3. The molecule has 8 heteroatoms. The molecule has 1 aliphatic rings. The zero-order valence-corrected chi connectivity index (χ0v) is 14.5. The van der Waals surface area contributed by atoms with Crippen LogP contribution in [0, 0.1) is 0 Å². The SMILES string of the molecule is Cn1c(=O)c2sccc2n2c(CN3CCCCC3CCO)nnc12. The van der Waals surface area contributed by atoms with E-state index >= 15 is 0 Å². The van der Waals surface area contributed by atoms with Gasteiger partial charge in [-0.2, -0.15) is 0 Å². The number of aryl methyl sites for hydroxylation is 1. The van der Waals surface area contributed by atoms with Gasteiger partial charge in [0.2, 0.25) is 5.78 Å². The third kappa shape index (κ3) is 2.45. The fourth-order valence-corrected chi connectivity index (χ4v) is 4.53. The summed E-state index contributed by atoms with van der Waals surface area (Å²) in [7, 11) is 1.74. The highest BCUT2D eigenvalue weighted by Crippen LogP contribution is 2.23. The summed E-state index contributed by atoms with van der Waals surface area (Å²) in [4.78, 5) is 14.8. The number of aliphatic hydroxyl groups is 1. The van der Waals surface area contributed by atoms with E-state index in [-0.39, 0.29) is 12.2 Å². The van der Waals surface area contributed by atoms with Crippen LogP contribution in [0.5, 0.6) is 0 Å². The van der Waals surface area contributed by atoms with Gasteiger partial charge >= 0.3 is 0 Å². The second-order valence-electron chi connectivity index (χ2n) is 6.38. The first kappa shape index (κ1) is 15.7. The van der Waals surface area contributed by atoms with Crippen molar-refractivity contribution in [2.24, 2.45) is 7.05 Å². The van der Waals surface area contributed by atoms with Gasteiger partial charge in [-0.15, -0.1) is 21.5 Å². The molecular formula is C16H21N5O2S. The highest BCUT2D eigenvalue weighted by atomic mass is 32.1. The molecule has 24 heavy (non-hydrogen) atoms. The number of nitrogens with zero attached hydrogens (tertiary/aromatic N) is 5. The number of thiophene rings is 1. The highest BCUT2D eigenvalue weighted by molar-refractivity contribution is 7.17. The fraction of sp³-hybridized carbons (Fsp3) is 0.562. The van der Waals surface area contributed by atoms with Gasteiger partial charge in [-0.25, -0.2) is 0 Å². The van der Waals surface area contributed by atoms with Crippen molar-refractivity contribution in [3.05, 3.63) is 27.6 Å². The highest BCUT2D eigenvalue weighted by Gasteiger charge is 2.24. The van der Waals surface area contributed by atoms with Crippen LogP contribution in [0.25, 0.3) is 16.0 Å². The van der Waals surface area contributed by atoms with Crippen molar-refractivity contribution >= 4 is 27.3 Å². The molecule has 4 heterocycles. The fourth-order valence-electron chi connectivity index (χ4n) is 3.68. The molecule has 0 saturated carbocycles. The second kappa shape index (κ2) is 6.27. The number of likely N-dealkylation sites (tertiary alicyclic amines) is 1. The normalized spacial score (nSPS) is 19.5. The van der Waals surface area contributed by atoms with E-state index in [2.05, 4.69) is 15.1 Å². The molecule has 1 N–H and O–H groups in total. The van der Waals surface area contributed by atoms with Gasteiger partial charge in [0.1, 0.15) is 4.70 Å². The minimum absolute atomic E-state index is 0.0254. The number of hydrogen-bond donors (Lipinski definition) is 1. The predicted molar refractivity (Wildman–Crippen MR) is 93.4 cm³/mol. The van der Waals surface area contributed by atoms with Gasteiger partial charge in [-0.1, -0.05) is 6.42 Å². The molecule has 1 fully saturated rings. The first-order valence-electron chi connectivity index (χ1n) is 8.36. The van der Waals surface area contributed by atoms with E-state index < -0.39 is 0 Å². The van der Waals surface area contributed by atoms with E-state index in [0.29, 0.717) is 18.4 Å². The Labute approximate surface area is 143 Å². The van der Waals surface area contributed by atoms with Crippen LogP contribution in [-0.4, -0.2) is 48.4 Å². The maximum Gasteiger partial charge on any atom is 0.272 e. The predicted octanol–water partition coefficient (Wildman–Crippen LogP) is 1.38. The van der Waals surface area contributed by atoms with Crippen LogP contribution in [0.15, 0.2) is 16.2 Å². The summed E-state index contributed by atoms with van der Waals surface area (Å²) in [6.07, 6.45) is 4.29. The Kier molecular flexibility index (Phi) is 4.11. The van der Waals surface area contributed by atoms with Crippen LogP contribution in [0.2, 0.25) is 0 Å². The lowest BCUT2D eigenvalue weighted by molar-refractivity contribution is 0.109. The molecule has 0 spiro atoms. The Morgan fingerprint density at radius 2 is 2.25 bits per heavy atom. The molecule has 0 aliphatic carbocycles. The van der Waals surface area contributed by atoms with E-state index in [0.717, 1.165) is 35.4 Å². The Morgan fingerprint density at radius 3 is 3.08 bits per heavy atom. The van der Waals surface area contributed by atoms with Crippen molar-refractivity contribution in [1.82, 2.24) is 24.1 Å². The van der Waals surface area contributed by atoms with E-state index in [4.69, 9.17) is 0 Å². The van der Waals surface area contributed by atoms with Crippen LogP contribution in [0.3, 0.4) is 0 Å². The molecular weight excluding hydrogens is 326 g/mol. The van der Waals surface area contributed by atoms with Crippen molar-refractivity contribution in [1.29, 1.82) is 0 Å². The molecule has 0 bridgehead atoms. The third-order valence-corrected chi connectivity index (χ3v) is 5.84. The molecule has 0 radical (unpaired) electrons. The maximum absolute atomic E-state index is 12.4. The first-order valence-corrected chi connectivity index (χ1v) is 9.24. The average molecular weight is 347 g/mol. The van der Waals surface area contributed by atoms with Crippen molar-refractivity contribution in [3.63, 3.8) is 0 Å². The molecule has 128 valence electrons. The minimum atomic E-state index is -0.0254. The molecule has 3 aromatic heterocycles. The number of piperidine rings is 1. The van der Waals surface area contributed by atoms with Crippen LogP contribution >= 0.6 is 11.3 Å². The van der Waals surface area contributed by atoms with E-state index in [1.165, 1.54) is 24.2 Å².